The van der Waals surface area contributed by atoms with Crippen molar-refractivity contribution in [1.29, 1.82) is 0 Å². The maximum absolute atomic E-state index is 12.8. The summed E-state index contributed by atoms with van der Waals surface area (Å²) in [7, 11) is 1.45. The van der Waals surface area contributed by atoms with Crippen LogP contribution in [0.15, 0.2) is 57.6 Å². The number of nitrogens with zero attached hydrogens (tertiary/aromatic N) is 2. The highest BCUT2D eigenvalue weighted by Gasteiger charge is 2.16. The smallest absolute Gasteiger partial charge is 0.297 e. The Morgan fingerprint density at radius 1 is 1.31 bits per heavy atom. The van der Waals surface area contributed by atoms with Crippen LogP contribution >= 0.6 is 23.2 Å². The summed E-state index contributed by atoms with van der Waals surface area (Å²) in [6, 6.07) is 7.40. The first-order chi connectivity index (χ1) is 12.5. The molecule has 5 nitrogen and oxygen atoms in total. The van der Waals surface area contributed by atoms with E-state index in [1.54, 1.807) is 6.07 Å². The fourth-order valence-electron chi connectivity index (χ4n) is 2.78. The number of aromatic nitrogens is 2. The predicted molar refractivity (Wildman–Crippen MR) is 105 cm³/mol. The van der Waals surface area contributed by atoms with Crippen LogP contribution in [0, 0.1) is 0 Å². The quantitative estimate of drug-likeness (QED) is 0.811. The van der Waals surface area contributed by atoms with E-state index in [2.05, 4.69) is 10.3 Å². The average Bonchev–Trinajstić information content (AvgIpc) is 2.63. The summed E-state index contributed by atoms with van der Waals surface area (Å²) in [5, 5.41) is 4.57. The van der Waals surface area contributed by atoms with Gasteiger partial charge in [0.1, 0.15) is 0 Å². The molecule has 0 amide bonds. The molecule has 0 fully saturated rings. The second-order valence-corrected chi connectivity index (χ2v) is 6.77. The van der Waals surface area contributed by atoms with Gasteiger partial charge in [-0.05, 0) is 37.0 Å². The lowest BCUT2D eigenvalue weighted by atomic mass is 10.0. The summed E-state index contributed by atoms with van der Waals surface area (Å²) in [4.78, 5) is 17.2. The van der Waals surface area contributed by atoms with Crippen LogP contribution in [0.2, 0.25) is 5.02 Å². The molecule has 1 aromatic heterocycles. The highest BCUT2D eigenvalue weighted by molar-refractivity contribution is 6.32. The minimum atomic E-state index is -0.277. The molecule has 0 spiro atoms. The minimum Gasteiger partial charge on any atom is -0.490 e. The van der Waals surface area contributed by atoms with Gasteiger partial charge in [-0.25, -0.2) is 4.98 Å². The van der Waals surface area contributed by atoms with Gasteiger partial charge in [0.2, 0.25) is 11.7 Å². The molecule has 0 saturated carbocycles. The largest absolute Gasteiger partial charge is 0.490 e. The van der Waals surface area contributed by atoms with Gasteiger partial charge in [0, 0.05) is 15.8 Å². The van der Waals surface area contributed by atoms with E-state index in [1.807, 2.05) is 31.2 Å². The van der Waals surface area contributed by atoms with Crippen molar-refractivity contribution in [1.82, 2.24) is 9.55 Å². The fraction of sp³-hybridized carbons (Fsp3) is 0.263. The van der Waals surface area contributed by atoms with Crippen molar-refractivity contribution in [3.8, 4) is 5.75 Å². The molecule has 7 heteroatoms. The highest BCUT2D eigenvalue weighted by atomic mass is 35.5. The van der Waals surface area contributed by atoms with Crippen molar-refractivity contribution in [3.63, 3.8) is 0 Å². The van der Waals surface area contributed by atoms with E-state index in [1.165, 1.54) is 17.9 Å². The van der Waals surface area contributed by atoms with Crippen molar-refractivity contribution in [2.45, 2.75) is 26.3 Å². The standard InChI is InChI=1S/C19H19Cl2N3O2/c1-12-14(20)8-5-9-16(12)23-19-22-10-17(26-2)18(25)24(19)11-13-6-3-4-7-15(13)21/h3-4,6-8,10H,5,9,11H2,1-2H3,(H,22,23). The van der Waals surface area contributed by atoms with Crippen LogP contribution in [0.1, 0.15) is 25.3 Å². The molecular formula is C19H19Cl2N3O2. The molecule has 0 unspecified atom stereocenters. The summed E-state index contributed by atoms with van der Waals surface area (Å²) >= 11 is 12.5. The number of anilines is 1. The number of hydrogen-bond donors (Lipinski definition) is 1. The Hall–Kier alpha value is -2.24. The van der Waals surface area contributed by atoms with E-state index in [-0.39, 0.29) is 17.9 Å². The van der Waals surface area contributed by atoms with Crippen LogP contribution in [0.4, 0.5) is 5.95 Å². The lowest BCUT2D eigenvalue weighted by Crippen LogP contribution is -2.26. The van der Waals surface area contributed by atoms with Crippen molar-refractivity contribution in [2.75, 3.05) is 12.4 Å². The summed E-state index contributed by atoms with van der Waals surface area (Å²) in [6.07, 6.45) is 5.05. The highest BCUT2D eigenvalue weighted by Crippen LogP contribution is 2.28. The Morgan fingerprint density at radius 2 is 2.08 bits per heavy atom. The molecule has 0 bridgehead atoms. The Balaban J connectivity index is 2.04. The first-order valence-corrected chi connectivity index (χ1v) is 8.97. The summed E-state index contributed by atoms with van der Waals surface area (Å²) < 4.78 is 6.66. The van der Waals surface area contributed by atoms with Gasteiger partial charge in [-0.1, -0.05) is 47.5 Å². The monoisotopic (exact) mass is 391 g/mol. The van der Waals surface area contributed by atoms with Crippen molar-refractivity contribution < 1.29 is 4.74 Å². The number of rotatable bonds is 5. The lowest BCUT2D eigenvalue weighted by Gasteiger charge is -2.20. The Kier molecular flexibility index (Phi) is 5.69. The molecule has 2 aromatic rings. The Morgan fingerprint density at radius 3 is 2.81 bits per heavy atom. The number of allylic oxidation sites excluding steroid dienone is 4. The Bertz CT molecular complexity index is 948. The van der Waals surface area contributed by atoms with E-state index < -0.39 is 0 Å². The molecule has 0 aliphatic heterocycles. The normalized spacial score (nSPS) is 14.2. The first-order valence-electron chi connectivity index (χ1n) is 8.21. The van der Waals surface area contributed by atoms with Gasteiger partial charge < -0.3 is 10.1 Å². The van der Waals surface area contributed by atoms with Crippen LogP contribution in [0.25, 0.3) is 0 Å². The van der Waals surface area contributed by atoms with Crippen LogP contribution in [0.3, 0.4) is 0 Å². The summed E-state index contributed by atoms with van der Waals surface area (Å²) in [5.74, 6) is 0.603. The molecule has 1 aliphatic carbocycles. The molecule has 0 radical (unpaired) electrons. The van der Waals surface area contributed by atoms with Gasteiger partial charge >= 0.3 is 0 Å². The van der Waals surface area contributed by atoms with Crippen molar-refractivity contribution >= 4 is 29.2 Å². The van der Waals surface area contributed by atoms with Crippen LogP contribution in [0.5, 0.6) is 5.75 Å². The minimum absolute atomic E-state index is 0.176. The van der Waals surface area contributed by atoms with Crippen molar-refractivity contribution in [3.05, 3.63) is 73.8 Å². The molecular weight excluding hydrogens is 373 g/mol. The predicted octanol–water partition coefficient (Wildman–Crippen LogP) is 4.56. The van der Waals surface area contributed by atoms with Crippen LogP contribution in [-0.4, -0.2) is 16.7 Å². The van der Waals surface area contributed by atoms with Gasteiger partial charge in [-0.2, -0.15) is 0 Å². The number of halogens is 2. The molecule has 1 N–H and O–H groups in total. The maximum atomic E-state index is 12.8. The van der Waals surface area contributed by atoms with Crippen molar-refractivity contribution in [2.24, 2.45) is 0 Å². The molecule has 3 rings (SSSR count). The lowest BCUT2D eigenvalue weighted by molar-refractivity contribution is 0.401. The molecule has 0 atom stereocenters. The van der Waals surface area contributed by atoms with E-state index in [0.29, 0.717) is 16.0 Å². The third-order valence-electron chi connectivity index (χ3n) is 4.31. The Labute approximate surface area is 161 Å². The molecule has 1 aliphatic rings. The second-order valence-electron chi connectivity index (χ2n) is 5.95. The summed E-state index contributed by atoms with van der Waals surface area (Å²) in [6.45, 7) is 2.22. The van der Waals surface area contributed by atoms with E-state index in [4.69, 9.17) is 27.9 Å². The zero-order valence-electron chi connectivity index (χ0n) is 14.6. The van der Waals surface area contributed by atoms with Gasteiger partial charge in [0.15, 0.2) is 0 Å². The fourth-order valence-corrected chi connectivity index (χ4v) is 3.20. The molecule has 1 aromatic carbocycles. The average molecular weight is 392 g/mol. The number of benzene rings is 1. The van der Waals surface area contributed by atoms with E-state index in [9.17, 15) is 4.79 Å². The molecule has 136 valence electrons. The topological polar surface area (TPSA) is 56.1 Å². The van der Waals surface area contributed by atoms with Gasteiger partial charge in [-0.3, -0.25) is 9.36 Å². The number of ether oxygens (including phenoxy) is 1. The van der Waals surface area contributed by atoms with E-state index in [0.717, 1.165) is 29.7 Å². The van der Waals surface area contributed by atoms with Crippen LogP contribution in [-0.2, 0) is 6.54 Å². The maximum Gasteiger partial charge on any atom is 0.297 e. The SMILES string of the molecule is COc1cnc(NC2=C(C)C(Cl)=CCC2)n(Cc2ccccc2Cl)c1=O. The molecule has 1 heterocycles. The molecule has 0 saturated heterocycles. The zero-order valence-corrected chi connectivity index (χ0v) is 16.1. The van der Waals surface area contributed by atoms with Gasteiger partial charge in [0.05, 0.1) is 19.9 Å². The summed E-state index contributed by atoms with van der Waals surface area (Å²) in [5.41, 5.74) is 2.44. The first kappa shape index (κ1) is 18.5. The number of hydrogen-bond acceptors (Lipinski definition) is 4. The zero-order chi connectivity index (χ0) is 18.7. The van der Waals surface area contributed by atoms with E-state index >= 15 is 0 Å². The van der Waals surface area contributed by atoms with Gasteiger partial charge in [0.25, 0.3) is 5.56 Å². The number of nitrogens with one attached hydrogen (secondary N) is 1. The van der Waals surface area contributed by atoms with Gasteiger partial charge in [-0.15, -0.1) is 0 Å². The number of methoxy groups -OCH3 is 1. The molecule has 26 heavy (non-hydrogen) atoms. The second kappa shape index (κ2) is 7.98. The third-order valence-corrected chi connectivity index (χ3v) is 5.12. The third kappa shape index (κ3) is 3.79. The van der Waals surface area contributed by atoms with Crippen LogP contribution < -0.4 is 15.6 Å².